The van der Waals surface area contributed by atoms with Gasteiger partial charge in [0.05, 0.1) is 5.02 Å². The van der Waals surface area contributed by atoms with E-state index in [1.807, 2.05) is 0 Å². The van der Waals surface area contributed by atoms with Crippen molar-refractivity contribution in [3.8, 4) is 11.1 Å². The van der Waals surface area contributed by atoms with Crippen LogP contribution in [0.3, 0.4) is 0 Å². The summed E-state index contributed by atoms with van der Waals surface area (Å²) >= 11 is 5.67. The molecule has 0 fully saturated rings. The quantitative estimate of drug-likeness (QED) is 0.747. The van der Waals surface area contributed by atoms with Gasteiger partial charge in [-0.2, -0.15) is 0 Å². The molecule has 0 spiro atoms. The number of hydrogen-bond acceptors (Lipinski definition) is 2. The molecule has 0 radical (unpaired) electrons. The van der Waals surface area contributed by atoms with Gasteiger partial charge in [-0.05, 0) is 23.8 Å². The zero-order valence-electron chi connectivity index (χ0n) is 8.15. The Kier molecular flexibility index (Phi) is 2.97. The number of nitrogens with zero attached hydrogens (tertiary/aromatic N) is 1. The van der Waals surface area contributed by atoms with E-state index in [1.165, 1.54) is 18.3 Å². The predicted molar refractivity (Wildman–Crippen MR) is 60.0 cm³/mol. The van der Waals surface area contributed by atoms with Gasteiger partial charge in [-0.15, -0.1) is 0 Å². The molecule has 2 aromatic rings. The van der Waals surface area contributed by atoms with Gasteiger partial charge >= 0.3 is 0 Å². The summed E-state index contributed by atoms with van der Waals surface area (Å²) < 4.78 is 13.0. The second-order valence-corrected chi connectivity index (χ2v) is 3.66. The minimum Gasteiger partial charge on any atom is -0.298 e. The van der Waals surface area contributed by atoms with Crippen LogP contribution in [-0.4, -0.2) is 11.3 Å². The van der Waals surface area contributed by atoms with Crippen molar-refractivity contribution in [3.63, 3.8) is 0 Å². The number of halogens is 2. The molecule has 16 heavy (non-hydrogen) atoms. The highest BCUT2D eigenvalue weighted by Crippen LogP contribution is 2.24. The van der Waals surface area contributed by atoms with Crippen molar-refractivity contribution in [2.24, 2.45) is 0 Å². The Morgan fingerprint density at radius 3 is 2.69 bits per heavy atom. The molecule has 2 nitrogen and oxygen atoms in total. The monoisotopic (exact) mass is 235 g/mol. The summed E-state index contributed by atoms with van der Waals surface area (Å²) in [6.07, 6.45) is 3.76. The smallest absolute Gasteiger partial charge is 0.151 e. The van der Waals surface area contributed by atoms with Gasteiger partial charge < -0.3 is 0 Å². The summed E-state index contributed by atoms with van der Waals surface area (Å²) in [6, 6.07) is 6.05. The third-order valence-corrected chi connectivity index (χ3v) is 2.44. The normalized spacial score (nSPS) is 10.1. The van der Waals surface area contributed by atoms with Crippen molar-refractivity contribution in [2.75, 3.05) is 0 Å². The molecule has 0 saturated heterocycles. The molecule has 0 unspecified atom stereocenters. The largest absolute Gasteiger partial charge is 0.298 e. The van der Waals surface area contributed by atoms with Crippen LogP contribution < -0.4 is 0 Å². The first-order valence-electron chi connectivity index (χ1n) is 4.56. The molecule has 0 aliphatic heterocycles. The van der Waals surface area contributed by atoms with Gasteiger partial charge in [-0.25, -0.2) is 4.39 Å². The minimum absolute atomic E-state index is 0.0500. The van der Waals surface area contributed by atoms with Crippen molar-refractivity contribution in [1.29, 1.82) is 0 Å². The van der Waals surface area contributed by atoms with Gasteiger partial charge in [0.2, 0.25) is 0 Å². The summed E-state index contributed by atoms with van der Waals surface area (Å²) in [5.41, 5.74) is 1.92. The van der Waals surface area contributed by atoms with Crippen LogP contribution in [0.5, 0.6) is 0 Å². The molecule has 4 heteroatoms. The average molecular weight is 236 g/mol. The van der Waals surface area contributed by atoms with Crippen molar-refractivity contribution in [1.82, 2.24) is 4.98 Å². The minimum atomic E-state index is -0.468. The molecule has 1 aromatic carbocycles. The fourth-order valence-electron chi connectivity index (χ4n) is 1.36. The molecule has 0 atom stereocenters. The van der Waals surface area contributed by atoms with Crippen LogP contribution in [0.2, 0.25) is 5.02 Å². The van der Waals surface area contributed by atoms with Crippen molar-refractivity contribution in [3.05, 3.63) is 53.1 Å². The number of carbonyl (C=O) groups is 1. The molecular formula is C12H7ClFNO. The first-order valence-corrected chi connectivity index (χ1v) is 4.94. The zero-order chi connectivity index (χ0) is 11.5. The first kappa shape index (κ1) is 10.8. The number of benzene rings is 1. The molecule has 1 aromatic heterocycles. The Hall–Kier alpha value is -1.74. The second kappa shape index (κ2) is 4.41. The average Bonchev–Trinajstić information content (AvgIpc) is 2.33. The summed E-state index contributed by atoms with van der Waals surface area (Å²) in [6.45, 7) is 0. The fraction of sp³-hybridized carbons (Fsp3) is 0. The first-order chi connectivity index (χ1) is 7.70. The van der Waals surface area contributed by atoms with Gasteiger partial charge in [0, 0.05) is 23.5 Å². The van der Waals surface area contributed by atoms with E-state index in [0.29, 0.717) is 11.8 Å². The van der Waals surface area contributed by atoms with Gasteiger partial charge in [-0.1, -0.05) is 17.7 Å². The number of pyridine rings is 1. The second-order valence-electron chi connectivity index (χ2n) is 3.25. The van der Waals surface area contributed by atoms with Crippen molar-refractivity contribution in [2.45, 2.75) is 0 Å². The van der Waals surface area contributed by atoms with E-state index in [9.17, 15) is 9.18 Å². The van der Waals surface area contributed by atoms with Crippen molar-refractivity contribution >= 4 is 17.9 Å². The third-order valence-electron chi connectivity index (χ3n) is 2.15. The molecule has 0 aliphatic carbocycles. The number of aromatic nitrogens is 1. The Labute approximate surface area is 96.7 Å². The van der Waals surface area contributed by atoms with Gasteiger partial charge in [0.1, 0.15) is 5.82 Å². The number of hydrogen-bond donors (Lipinski definition) is 0. The van der Waals surface area contributed by atoms with Gasteiger partial charge in [-0.3, -0.25) is 9.78 Å². The van der Waals surface area contributed by atoms with E-state index >= 15 is 0 Å². The molecule has 0 N–H and O–H groups in total. The highest BCUT2D eigenvalue weighted by atomic mass is 35.5. The van der Waals surface area contributed by atoms with E-state index in [0.717, 1.165) is 11.1 Å². The highest BCUT2D eigenvalue weighted by Gasteiger charge is 2.04. The van der Waals surface area contributed by atoms with Crippen LogP contribution in [0.25, 0.3) is 11.1 Å². The topological polar surface area (TPSA) is 30.0 Å². The lowest BCUT2D eigenvalue weighted by Crippen LogP contribution is -1.86. The molecule has 0 aliphatic rings. The molecule has 2 rings (SSSR count). The lowest BCUT2D eigenvalue weighted by atomic mass is 10.1. The van der Waals surface area contributed by atoms with Crippen LogP contribution in [0.15, 0.2) is 36.7 Å². The van der Waals surface area contributed by atoms with Crippen LogP contribution in [0.4, 0.5) is 4.39 Å². The van der Waals surface area contributed by atoms with Crippen LogP contribution in [-0.2, 0) is 0 Å². The fourth-order valence-corrected chi connectivity index (χ4v) is 1.54. The SMILES string of the molecule is O=Cc1cncc(-c2ccc(F)c(Cl)c2)c1. The Morgan fingerprint density at radius 1 is 1.19 bits per heavy atom. The molecular weight excluding hydrogens is 229 g/mol. The zero-order valence-corrected chi connectivity index (χ0v) is 8.91. The molecule has 80 valence electrons. The molecule has 0 amide bonds. The number of carbonyl (C=O) groups excluding carboxylic acids is 1. The van der Waals surface area contributed by atoms with E-state index < -0.39 is 5.82 Å². The summed E-state index contributed by atoms with van der Waals surface area (Å²) in [7, 11) is 0. The number of aldehydes is 1. The summed E-state index contributed by atoms with van der Waals surface area (Å²) in [5, 5.41) is 0.0500. The third kappa shape index (κ3) is 2.09. The van der Waals surface area contributed by atoms with E-state index in [-0.39, 0.29) is 5.02 Å². The maximum Gasteiger partial charge on any atom is 0.151 e. The Bertz CT molecular complexity index is 542. The standard InChI is InChI=1S/C12H7ClFNO/c13-11-4-9(1-2-12(11)14)10-3-8(7-16)5-15-6-10/h1-7H. The highest BCUT2D eigenvalue weighted by molar-refractivity contribution is 6.31. The Balaban J connectivity index is 2.49. The van der Waals surface area contributed by atoms with Crippen LogP contribution in [0, 0.1) is 5.82 Å². The maximum absolute atomic E-state index is 13.0. The van der Waals surface area contributed by atoms with Crippen molar-refractivity contribution < 1.29 is 9.18 Å². The molecule has 1 heterocycles. The molecule has 0 saturated carbocycles. The van der Waals surface area contributed by atoms with E-state index in [4.69, 9.17) is 11.6 Å². The summed E-state index contributed by atoms with van der Waals surface area (Å²) in [5.74, 6) is -0.468. The Morgan fingerprint density at radius 2 is 2.00 bits per heavy atom. The van der Waals surface area contributed by atoms with Crippen LogP contribution >= 0.6 is 11.6 Å². The number of rotatable bonds is 2. The lowest BCUT2D eigenvalue weighted by Gasteiger charge is -2.02. The lowest BCUT2D eigenvalue weighted by molar-refractivity contribution is 0.112. The van der Waals surface area contributed by atoms with E-state index in [1.54, 1.807) is 18.3 Å². The van der Waals surface area contributed by atoms with Crippen LogP contribution in [0.1, 0.15) is 10.4 Å². The maximum atomic E-state index is 13.0. The predicted octanol–water partition coefficient (Wildman–Crippen LogP) is 3.35. The van der Waals surface area contributed by atoms with E-state index in [2.05, 4.69) is 4.98 Å². The van der Waals surface area contributed by atoms with Gasteiger partial charge in [0.15, 0.2) is 6.29 Å². The van der Waals surface area contributed by atoms with Gasteiger partial charge in [0.25, 0.3) is 0 Å². The molecule has 0 bridgehead atoms. The summed E-state index contributed by atoms with van der Waals surface area (Å²) in [4.78, 5) is 14.5.